The van der Waals surface area contributed by atoms with Gasteiger partial charge in [-0.2, -0.15) is 0 Å². The van der Waals surface area contributed by atoms with E-state index in [-0.39, 0.29) is 126 Å². The number of aliphatic hydroxyl groups excluding tert-OH is 1. The van der Waals surface area contributed by atoms with Crippen LogP contribution in [0.1, 0.15) is 85.5 Å². The highest BCUT2D eigenvalue weighted by Crippen LogP contribution is 2.47. The molecule has 0 saturated carbocycles. The highest BCUT2D eigenvalue weighted by molar-refractivity contribution is 6.20. The molecule has 504 valence electrons. The number of urea groups is 1. The molecule has 3 atom stereocenters. The fourth-order valence-corrected chi connectivity index (χ4v) is 11.0. The molecule has 2 aromatic heterocycles. The Morgan fingerprint density at radius 1 is 0.842 bits per heavy atom. The molecule has 4 heterocycles. The Bertz CT molecular complexity index is 3830. The van der Waals surface area contributed by atoms with Crippen molar-refractivity contribution < 1.29 is 76.8 Å². The number of benzene rings is 3. The van der Waals surface area contributed by atoms with Gasteiger partial charge in [0.25, 0.3) is 23.6 Å². The number of hydrogen-bond acceptors (Lipinski definition) is 17. The summed E-state index contributed by atoms with van der Waals surface area (Å²) >= 11 is 6.65. The van der Waals surface area contributed by atoms with E-state index in [1.54, 1.807) is 73.4 Å². The average Bonchev–Trinajstić information content (AvgIpc) is 1.63. The van der Waals surface area contributed by atoms with Gasteiger partial charge in [-0.15, -0.1) is 11.6 Å². The van der Waals surface area contributed by atoms with Crippen LogP contribution in [0.3, 0.4) is 0 Å². The Morgan fingerprint density at radius 3 is 2.29 bits per heavy atom. The van der Waals surface area contributed by atoms with Crippen molar-refractivity contribution in [3.63, 3.8) is 0 Å². The molecular weight excluding hydrogens is 1250 g/mol. The predicted octanol–water partition coefficient (Wildman–Crippen LogP) is 6.01. The van der Waals surface area contributed by atoms with Gasteiger partial charge < -0.3 is 81.8 Å². The number of aryl methyl sites for hydroxylation is 1. The number of allylic oxidation sites excluding steroid dienone is 3. The molecule has 12 amide bonds. The number of rotatable bonds is 30. The number of nitrogens with zero attached hydrogens (tertiary/aromatic N) is 5. The van der Waals surface area contributed by atoms with Crippen LogP contribution in [0, 0.1) is 12.8 Å². The fraction of sp³-hybridized carbons (Fsp3) is 0.385. The molecule has 0 saturated heterocycles. The number of alkyl halides is 1. The van der Waals surface area contributed by atoms with Gasteiger partial charge in [-0.05, 0) is 90.9 Å². The normalized spacial score (nSPS) is 14.7. The smallest absolute Gasteiger partial charge is 0.415 e. The maximum Gasteiger partial charge on any atom is 0.415 e. The Balaban J connectivity index is 0.868. The third kappa shape index (κ3) is 18.8. The van der Waals surface area contributed by atoms with Gasteiger partial charge in [-0.1, -0.05) is 50.3 Å². The zero-order chi connectivity index (χ0) is 68.5. The van der Waals surface area contributed by atoms with E-state index in [0.29, 0.717) is 57.5 Å². The topological polar surface area (TPSA) is 399 Å². The second kappa shape index (κ2) is 32.8. The monoisotopic (exact) mass is 1330 g/mol. The number of pyridine rings is 1. The number of anilines is 3. The van der Waals surface area contributed by atoms with E-state index in [4.69, 9.17) is 42.0 Å². The summed E-state index contributed by atoms with van der Waals surface area (Å²) in [5.41, 5.74) is 15.1. The van der Waals surface area contributed by atoms with Gasteiger partial charge >= 0.3 is 24.3 Å². The number of primary amides is 2. The van der Waals surface area contributed by atoms with Crippen molar-refractivity contribution in [2.45, 2.75) is 83.9 Å². The number of nitrogens with one attached hydrogen (secondary N) is 6. The minimum absolute atomic E-state index is 0.00654. The fourth-order valence-electron chi connectivity index (χ4n) is 10.7. The number of halogens is 1. The number of aromatic nitrogens is 2. The zero-order valence-electron chi connectivity index (χ0n) is 52.8. The highest BCUT2D eigenvalue weighted by atomic mass is 35.5. The lowest BCUT2D eigenvalue weighted by molar-refractivity contribution is -0.137. The number of carbonyl (C=O) groups is 11. The molecule has 0 spiro atoms. The second-order valence-corrected chi connectivity index (χ2v) is 23.4. The zero-order valence-corrected chi connectivity index (χ0v) is 53.6. The predicted molar refractivity (Wildman–Crippen MR) is 349 cm³/mol. The number of aliphatic hydroxyl groups is 1. The maximum absolute atomic E-state index is 14.6. The third-order valence-electron chi connectivity index (χ3n) is 15.8. The van der Waals surface area contributed by atoms with Crippen LogP contribution in [-0.2, 0) is 49.6 Å². The highest BCUT2D eigenvalue weighted by Gasteiger charge is 2.37. The van der Waals surface area contributed by atoms with Crippen molar-refractivity contribution in [1.29, 1.82) is 0 Å². The summed E-state index contributed by atoms with van der Waals surface area (Å²) < 4.78 is 22.4. The molecule has 8 rings (SSSR count). The number of alkyl carbamates (subject to hydrolysis) is 1. The Hall–Kier alpha value is -10.6. The molecule has 2 aliphatic heterocycles. The van der Waals surface area contributed by atoms with Crippen LogP contribution in [0.2, 0.25) is 0 Å². The molecule has 0 fully saturated rings. The van der Waals surface area contributed by atoms with Gasteiger partial charge in [0.2, 0.25) is 17.7 Å². The number of hydrogen-bond donors (Lipinski definition) is 9. The minimum atomic E-state index is -1.17. The minimum Gasteiger partial charge on any atom is -0.512 e. The largest absolute Gasteiger partial charge is 0.512 e. The van der Waals surface area contributed by atoms with Gasteiger partial charge in [0.1, 0.15) is 42.4 Å². The van der Waals surface area contributed by atoms with Crippen LogP contribution in [0.4, 0.5) is 36.2 Å². The third-order valence-corrected chi connectivity index (χ3v) is 16.2. The van der Waals surface area contributed by atoms with E-state index in [1.807, 2.05) is 19.1 Å². The number of fused-ring (bicyclic) bond motifs is 4. The molecule has 95 heavy (non-hydrogen) atoms. The first kappa shape index (κ1) is 70.3. The summed E-state index contributed by atoms with van der Waals surface area (Å²) in [4.78, 5) is 155. The molecule has 11 N–H and O–H groups in total. The molecule has 0 radical (unpaired) electrons. The van der Waals surface area contributed by atoms with E-state index in [1.165, 1.54) is 29.1 Å². The lowest BCUT2D eigenvalue weighted by Crippen LogP contribution is -2.54. The summed E-state index contributed by atoms with van der Waals surface area (Å²) in [6, 6.07) is 13.7. The van der Waals surface area contributed by atoms with Crippen molar-refractivity contribution in [1.82, 2.24) is 40.6 Å². The molecule has 0 unspecified atom stereocenters. The summed E-state index contributed by atoms with van der Waals surface area (Å²) in [6.07, 6.45) is 5.41. The number of carbonyl (C=O) groups excluding carboxylic acids is 11. The van der Waals surface area contributed by atoms with E-state index in [9.17, 15) is 57.8 Å². The van der Waals surface area contributed by atoms with Crippen LogP contribution in [-0.4, -0.2) is 180 Å². The van der Waals surface area contributed by atoms with Crippen molar-refractivity contribution >= 4 is 116 Å². The Morgan fingerprint density at radius 2 is 1.60 bits per heavy atom. The summed E-state index contributed by atoms with van der Waals surface area (Å²) in [5, 5.41) is 24.8. The van der Waals surface area contributed by atoms with Crippen molar-refractivity contribution in [3.8, 4) is 5.75 Å². The molecule has 0 bridgehead atoms. The Kier molecular flexibility index (Phi) is 24.3. The van der Waals surface area contributed by atoms with Gasteiger partial charge in [0.05, 0.1) is 43.1 Å². The first-order chi connectivity index (χ1) is 45.5. The number of amides is 12. The van der Waals surface area contributed by atoms with Crippen LogP contribution in [0.25, 0.3) is 21.8 Å². The summed E-state index contributed by atoms with van der Waals surface area (Å²) in [7, 11) is 1.47. The maximum atomic E-state index is 14.6. The molecule has 3 aliphatic rings. The first-order valence-electron chi connectivity index (χ1n) is 30.7. The molecule has 30 heteroatoms. The summed E-state index contributed by atoms with van der Waals surface area (Å²) in [6.45, 7) is 4.95. The first-order valence-corrected chi connectivity index (χ1v) is 31.3. The van der Waals surface area contributed by atoms with E-state index in [0.717, 1.165) is 33.6 Å². The number of nitrogens with two attached hydrogens (primary N) is 2. The second-order valence-electron chi connectivity index (χ2n) is 23.1. The summed E-state index contributed by atoms with van der Waals surface area (Å²) in [5.74, 6) is -3.90. The van der Waals surface area contributed by atoms with Crippen LogP contribution < -0.4 is 47.7 Å². The van der Waals surface area contributed by atoms with Crippen molar-refractivity contribution in [3.05, 3.63) is 125 Å². The lowest BCUT2D eigenvalue weighted by atomic mass is 9.92. The van der Waals surface area contributed by atoms with E-state index in [2.05, 4.69) is 36.6 Å². The van der Waals surface area contributed by atoms with E-state index >= 15 is 0 Å². The van der Waals surface area contributed by atoms with Gasteiger partial charge in [-0.3, -0.25) is 38.5 Å². The number of aromatic amines is 1. The molecular formula is C65H76ClN13O16. The van der Waals surface area contributed by atoms with Crippen LogP contribution >= 0.6 is 11.6 Å². The SMILES string of the molecule is Cc1cccc2c(OC(=O)N(CCCC(N)=O)CCN(C)C(=O)OCc3ccc(NC(=O)[C@H](CCCNC(N)=O)NC(=O)[C@@H](NC(=O)OCCOCCN4C(=O)C=CC4=O)C(C)C)cc3)cc3c(c12)[C@H](CCl)CN3C(=O)c1cc2cc(NC(=O)C3=CC=C(O)CC3)cnc2[nH]1. The molecule has 1 aliphatic carbocycles. The van der Waals surface area contributed by atoms with Crippen LogP contribution in [0.15, 0.2) is 102 Å². The van der Waals surface area contributed by atoms with Gasteiger partial charge in [0, 0.05) is 105 Å². The van der Waals surface area contributed by atoms with Crippen LogP contribution in [0.5, 0.6) is 5.75 Å². The molecule has 3 aromatic carbocycles. The standard InChI is InChI=1S/C65H76ClN13O16/c1-37(2)56(75-63(89)93-29-28-92-27-26-78-52(82)20-21-53(78)83)60(86)74-47(10-6-22-69-62(68)88)59(85)71-43-16-12-39(13-17-43)36-94-64(90)76(4)24-25-77(23-7-11-51(67)81)65(91)95-50-32-49-55(54-38(3)8-5-9-46(50)54)42(33-66)35-79(49)61(87)48-31-41-30-44(34-70-57(41)73-48)72-58(84)40-14-18-45(80)19-15-40/h5,8-9,12-14,16-18,20-21,30-32,34,37,42,47,56,80H,6-7,10-11,15,19,22-29,33,35-36H2,1-4H3,(H2,67,81)(H,70,73)(H,71,85)(H,72,84)(H,74,86)(H,75,89)(H3,68,69,88)/t42-,47+,56+/m1/s1. The average molecular weight is 1330 g/mol. The molecule has 29 nitrogen and oxygen atoms in total. The number of imide groups is 1. The number of likely N-dealkylation sites (N-methyl/N-ethyl adjacent to an activating group) is 1. The van der Waals surface area contributed by atoms with Gasteiger partial charge in [-0.25, -0.2) is 24.2 Å². The number of H-pyrrole nitrogens is 1. The van der Waals surface area contributed by atoms with E-state index < -0.39 is 77.8 Å². The Labute approximate surface area is 550 Å². The molecule has 5 aromatic rings. The lowest BCUT2D eigenvalue weighted by Gasteiger charge is -2.26. The van der Waals surface area contributed by atoms with Gasteiger partial charge in [0.15, 0.2) is 0 Å². The number of ether oxygens (including phenoxy) is 4. The quantitative estimate of drug-likeness (QED) is 0.0144. The van der Waals surface area contributed by atoms with Crippen molar-refractivity contribution in [2.24, 2.45) is 17.4 Å². The van der Waals surface area contributed by atoms with Crippen molar-refractivity contribution in [2.75, 3.05) is 87.6 Å².